The molecular weight excluding hydrogens is 356 g/mol. The maximum absolute atomic E-state index is 13.1. The Morgan fingerprint density at radius 3 is 2.52 bits per heavy atom. The molecule has 0 unspecified atom stereocenters. The highest BCUT2D eigenvalue weighted by atomic mass is 32.1. The standard InChI is InChI=1S/C16H18F4N4S/c1-21-15(22-7-5-11-3-2-4-12(17)9-11)23-8-6-14-24-13(10-25-14)16(18,19)20/h2-4,9-10H,5-8H2,1H3,(H2,21,22,23). The van der Waals surface area contributed by atoms with E-state index in [0.29, 0.717) is 36.9 Å². The first-order valence-corrected chi connectivity index (χ1v) is 8.47. The summed E-state index contributed by atoms with van der Waals surface area (Å²) < 4.78 is 50.5. The Balaban J connectivity index is 1.72. The van der Waals surface area contributed by atoms with Crippen molar-refractivity contribution in [3.05, 3.63) is 51.7 Å². The Bertz CT molecular complexity index is 712. The molecule has 0 saturated carbocycles. The zero-order valence-corrected chi connectivity index (χ0v) is 14.3. The van der Waals surface area contributed by atoms with Gasteiger partial charge in [-0.25, -0.2) is 9.37 Å². The first-order valence-electron chi connectivity index (χ1n) is 7.59. The van der Waals surface area contributed by atoms with Crippen molar-refractivity contribution < 1.29 is 17.6 Å². The van der Waals surface area contributed by atoms with Gasteiger partial charge in [0.1, 0.15) is 5.82 Å². The average molecular weight is 374 g/mol. The molecule has 2 rings (SSSR count). The molecule has 0 fully saturated rings. The van der Waals surface area contributed by atoms with Crippen LogP contribution in [0.3, 0.4) is 0 Å². The molecule has 0 saturated heterocycles. The van der Waals surface area contributed by atoms with Crippen LogP contribution in [-0.2, 0) is 19.0 Å². The van der Waals surface area contributed by atoms with Crippen molar-refractivity contribution in [2.45, 2.75) is 19.0 Å². The highest BCUT2D eigenvalue weighted by Gasteiger charge is 2.33. The predicted octanol–water partition coefficient (Wildman–Crippen LogP) is 3.25. The molecule has 1 heterocycles. The lowest BCUT2D eigenvalue weighted by Crippen LogP contribution is -2.39. The molecule has 1 aromatic carbocycles. The third-order valence-electron chi connectivity index (χ3n) is 3.29. The van der Waals surface area contributed by atoms with Gasteiger partial charge in [-0.15, -0.1) is 11.3 Å². The molecule has 0 aliphatic rings. The number of halogens is 4. The lowest BCUT2D eigenvalue weighted by molar-refractivity contribution is -0.140. The summed E-state index contributed by atoms with van der Waals surface area (Å²) >= 11 is 0.985. The number of hydrogen-bond acceptors (Lipinski definition) is 3. The van der Waals surface area contributed by atoms with Gasteiger partial charge in [-0.3, -0.25) is 4.99 Å². The number of thiazole rings is 1. The fourth-order valence-electron chi connectivity index (χ4n) is 2.08. The molecule has 2 aromatic rings. The van der Waals surface area contributed by atoms with Crippen LogP contribution >= 0.6 is 11.3 Å². The van der Waals surface area contributed by atoms with E-state index in [1.54, 1.807) is 13.1 Å². The van der Waals surface area contributed by atoms with Crippen molar-refractivity contribution in [3.63, 3.8) is 0 Å². The van der Waals surface area contributed by atoms with Crippen LogP contribution in [0.5, 0.6) is 0 Å². The predicted molar refractivity (Wildman–Crippen MR) is 90.3 cm³/mol. The smallest absolute Gasteiger partial charge is 0.356 e. The van der Waals surface area contributed by atoms with Crippen LogP contribution in [-0.4, -0.2) is 31.1 Å². The minimum Gasteiger partial charge on any atom is -0.356 e. The van der Waals surface area contributed by atoms with Crippen molar-refractivity contribution in [2.75, 3.05) is 20.1 Å². The normalized spacial score (nSPS) is 12.3. The summed E-state index contributed by atoms with van der Waals surface area (Å²) in [6, 6.07) is 6.35. The Morgan fingerprint density at radius 1 is 1.20 bits per heavy atom. The highest BCUT2D eigenvalue weighted by Crippen LogP contribution is 2.29. The van der Waals surface area contributed by atoms with Gasteiger partial charge >= 0.3 is 6.18 Å². The van der Waals surface area contributed by atoms with Crippen molar-refractivity contribution in [2.24, 2.45) is 4.99 Å². The first-order chi connectivity index (χ1) is 11.9. The number of hydrogen-bond donors (Lipinski definition) is 2. The molecule has 25 heavy (non-hydrogen) atoms. The van der Waals surface area contributed by atoms with E-state index in [0.717, 1.165) is 22.3 Å². The summed E-state index contributed by atoms with van der Waals surface area (Å²) in [6.45, 7) is 0.961. The minimum absolute atomic E-state index is 0.276. The van der Waals surface area contributed by atoms with Gasteiger partial charge in [-0.05, 0) is 24.1 Å². The molecule has 9 heteroatoms. The summed E-state index contributed by atoms with van der Waals surface area (Å²) in [6.07, 6.45) is -3.41. The van der Waals surface area contributed by atoms with Gasteiger partial charge in [0.25, 0.3) is 0 Å². The van der Waals surface area contributed by atoms with E-state index in [1.165, 1.54) is 12.1 Å². The quantitative estimate of drug-likeness (QED) is 0.464. The Labute approximate surface area is 147 Å². The second-order valence-corrected chi connectivity index (χ2v) is 6.12. The van der Waals surface area contributed by atoms with Gasteiger partial charge in [-0.1, -0.05) is 12.1 Å². The molecule has 2 N–H and O–H groups in total. The number of alkyl halides is 3. The Morgan fingerprint density at radius 2 is 1.92 bits per heavy atom. The third-order valence-corrected chi connectivity index (χ3v) is 4.20. The van der Waals surface area contributed by atoms with E-state index in [9.17, 15) is 17.6 Å². The van der Waals surface area contributed by atoms with E-state index in [2.05, 4.69) is 20.6 Å². The molecule has 0 aliphatic heterocycles. The monoisotopic (exact) mass is 374 g/mol. The number of aromatic nitrogens is 1. The van der Waals surface area contributed by atoms with Crippen molar-refractivity contribution in [1.82, 2.24) is 15.6 Å². The summed E-state index contributed by atoms with van der Waals surface area (Å²) in [5.41, 5.74) is 0.00974. The number of aliphatic imine (C=N–C) groups is 1. The van der Waals surface area contributed by atoms with Gasteiger partial charge in [0.15, 0.2) is 11.7 Å². The number of nitrogens with zero attached hydrogens (tertiary/aromatic N) is 2. The molecular formula is C16H18F4N4S. The second-order valence-electron chi connectivity index (χ2n) is 5.18. The van der Waals surface area contributed by atoms with Gasteiger partial charge < -0.3 is 10.6 Å². The second kappa shape index (κ2) is 8.80. The van der Waals surface area contributed by atoms with Crippen LogP contribution < -0.4 is 10.6 Å². The SMILES string of the molecule is CN=C(NCCc1cccc(F)c1)NCCc1nc(C(F)(F)F)cs1. The lowest BCUT2D eigenvalue weighted by atomic mass is 10.1. The number of nitrogens with one attached hydrogen (secondary N) is 2. The van der Waals surface area contributed by atoms with Crippen molar-refractivity contribution in [3.8, 4) is 0 Å². The molecule has 0 aliphatic carbocycles. The maximum atomic E-state index is 13.1. The van der Waals surface area contributed by atoms with Crippen LogP contribution in [0.15, 0.2) is 34.6 Å². The summed E-state index contributed by atoms with van der Waals surface area (Å²) in [5.74, 6) is 0.255. The molecule has 136 valence electrons. The average Bonchev–Trinajstić information content (AvgIpc) is 3.02. The number of benzene rings is 1. The lowest BCUT2D eigenvalue weighted by Gasteiger charge is -2.11. The van der Waals surface area contributed by atoms with Crippen molar-refractivity contribution >= 4 is 17.3 Å². The summed E-state index contributed by atoms with van der Waals surface area (Å²) in [7, 11) is 1.60. The van der Waals surface area contributed by atoms with Crippen LogP contribution in [0, 0.1) is 5.82 Å². The molecule has 0 atom stereocenters. The minimum atomic E-state index is -4.41. The summed E-state index contributed by atoms with van der Waals surface area (Å²) in [5, 5.41) is 7.51. The number of guanidine groups is 1. The molecule has 1 aromatic heterocycles. The zero-order chi connectivity index (χ0) is 18.3. The third kappa shape index (κ3) is 6.33. The van der Waals surface area contributed by atoms with Gasteiger partial charge in [0.2, 0.25) is 0 Å². The van der Waals surface area contributed by atoms with Crippen LogP contribution in [0.4, 0.5) is 17.6 Å². The summed E-state index contributed by atoms with van der Waals surface area (Å²) in [4.78, 5) is 7.61. The van der Waals surface area contributed by atoms with E-state index < -0.39 is 11.9 Å². The molecule has 0 radical (unpaired) electrons. The fraction of sp³-hybridized carbons (Fsp3) is 0.375. The van der Waals surface area contributed by atoms with E-state index >= 15 is 0 Å². The molecule has 0 spiro atoms. The Hall–Kier alpha value is -2.16. The van der Waals surface area contributed by atoms with Gasteiger partial charge in [0.05, 0.1) is 5.01 Å². The van der Waals surface area contributed by atoms with E-state index in [4.69, 9.17) is 0 Å². The van der Waals surface area contributed by atoms with Crippen LogP contribution in [0.2, 0.25) is 0 Å². The van der Waals surface area contributed by atoms with Gasteiger partial charge in [-0.2, -0.15) is 13.2 Å². The molecule has 4 nitrogen and oxygen atoms in total. The number of rotatable bonds is 6. The van der Waals surface area contributed by atoms with E-state index in [-0.39, 0.29) is 5.82 Å². The van der Waals surface area contributed by atoms with Crippen LogP contribution in [0.25, 0.3) is 0 Å². The zero-order valence-electron chi connectivity index (χ0n) is 13.5. The van der Waals surface area contributed by atoms with Crippen molar-refractivity contribution in [1.29, 1.82) is 0 Å². The first kappa shape index (κ1) is 19.2. The maximum Gasteiger partial charge on any atom is 0.434 e. The van der Waals surface area contributed by atoms with Crippen LogP contribution in [0.1, 0.15) is 16.3 Å². The van der Waals surface area contributed by atoms with E-state index in [1.807, 2.05) is 6.07 Å². The molecule has 0 bridgehead atoms. The largest absolute Gasteiger partial charge is 0.434 e. The highest BCUT2D eigenvalue weighted by molar-refractivity contribution is 7.09. The van der Waals surface area contributed by atoms with Gasteiger partial charge in [0, 0.05) is 31.9 Å². The molecule has 0 amide bonds. The Kier molecular flexibility index (Phi) is 6.74. The topological polar surface area (TPSA) is 49.3 Å². The fourth-order valence-corrected chi connectivity index (χ4v) is 2.89.